The van der Waals surface area contributed by atoms with E-state index in [2.05, 4.69) is 15.5 Å². The number of hydrogen-bond donors (Lipinski definition) is 2. The third kappa shape index (κ3) is 6.31. The van der Waals surface area contributed by atoms with Crippen molar-refractivity contribution >= 4 is 17.9 Å². The Balaban J connectivity index is 1.38. The summed E-state index contributed by atoms with van der Waals surface area (Å²) in [7, 11) is 0. The summed E-state index contributed by atoms with van der Waals surface area (Å²) in [5.41, 5.74) is 1.47. The molecule has 0 unspecified atom stereocenters. The zero-order valence-electron chi connectivity index (χ0n) is 15.9. The summed E-state index contributed by atoms with van der Waals surface area (Å²) in [5, 5.41) is 4.93. The van der Waals surface area contributed by atoms with Crippen molar-refractivity contribution in [2.24, 2.45) is 0 Å². The van der Waals surface area contributed by atoms with Gasteiger partial charge in [-0.15, -0.1) is 0 Å². The summed E-state index contributed by atoms with van der Waals surface area (Å²) in [6.07, 6.45) is 4.03. The first-order valence-corrected chi connectivity index (χ1v) is 9.76. The lowest BCUT2D eigenvalue weighted by atomic mass is 10.1. The highest BCUT2D eigenvalue weighted by Crippen LogP contribution is 2.17. The largest absolute Gasteiger partial charge is 0.452 e. The van der Waals surface area contributed by atoms with Crippen molar-refractivity contribution in [2.75, 3.05) is 32.9 Å². The number of nitrogens with zero attached hydrogens (tertiary/aromatic N) is 1. The van der Waals surface area contributed by atoms with Crippen LogP contribution in [0.15, 0.2) is 24.3 Å². The number of benzene rings is 1. The average Bonchev–Trinajstić information content (AvgIpc) is 3.20. The van der Waals surface area contributed by atoms with Gasteiger partial charge in [-0.1, -0.05) is 25.0 Å². The molecule has 1 aromatic carbocycles. The first-order valence-electron chi connectivity index (χ1n) is 9.76. The summed E-state index contributed by atoms with van der Waals surface area (Å²) in [6.45, 7) is 3.58. The number of amides is 3. The lowest BCUT2D eigenvalue weighted by molar-refractivity contribution is -0.123. The summed E-state index contributed by atoms with van der Waals surface area (Å²) >= 11 is 0. The van der Waals surface area contributed by atoms with Crippen molar-refractivity contribution in [2.45, 2.75) is 38.3 Å². The molecule has 2 aliphatic rings. The van der Waals surface area contributed by atoms with Crippen LogP contribution in [0.3, 0.4) is 0 Å². The van der Waals surface area contributed by atoms with E-state index in [1.807, 2.05) is 12.1 Å². The normalized spacial score (nSPS) is 17.9. The molecule has 1 aromatic rings. The van der Waals surface area contributed by atoms with Crippen LogP contribution in [0.2, 0.25) is 0 Å². The zero-order chi connectivity index (χ0) is 19.8. The van der Waals surface area contributed by atoms with Gasteiger partial charge in [0.2, 0.25) is 0 Å². The zero-order valence-corrected chi connectivity index (χ0v) is 15.9. The molecule has 3 amide bonds. The lowest BCUT2D eigenvalue weighted by Crippen LogP contribution is -2.44. The van der Waals surface area contributed by atoms with Crippen LogP contribution in [0.1, 0.15) is 41.6 Å². The molecule has 1 saturated carbocycles. The van der Waals surface area contributed by atoms with Gasteiger partial charge in [0.05, 0.1) is 18.8 Å². The van der Waals surface area contributed by atoms with Crippen LogP contribution in [0.5, 0.6) is 0 Å². The number of urea groups is 1. The van der Waals surface area contributed by atoms with Crippen LogP contribution < -0.4 is 10.6 Å². The molecule has 0 atom stereocenters. The van der Waals surface area contributed by atoms with E-state index in [0.717, 1.165) is 64.1 Å². The number of carbonyl (C=O) groups excluding carboxylic acids is 3. The van der Waals surface area contributed by atoms with Crippen LogP contribution in [0.25, 0.3) is 0 Å². The second-order valence-electron chi connectivity index (χ2n) is 7.16. The Morgan fingerprint density at radius 2 is 1.75 bits per heavy atom. The Labute approximate surface area is 164 Å². The first-order chi connectivity index (χ1) is 13.6. The number of rotatable bonds is 6. The Hall–Kier alpha value is -2.45. The third-order valence-corrected chi connectivity index (χ3v) is 4.98. The van der Waals surface area contributed by atoms with E-state index in [1.54, 1.807) is 12.1 Å². The fourth-order valence-electron chi connectivity index (χ4n) is 3.43. The number of ether oxygens (including phenoxy) is 2. The molecular weight excluding hydrogens is 362 g/mol. The molecule has 8 nitrogen and oxygen atoms in total. The van der Waals surface area contributed by atoms with Gasteiger partial charge in [0.25, 0.3) is 5.91 Å². The van der Waals surface area contributed by atoms with E-state index >= 15 is 0 Å². The monoisotopic (exact) mass is 389 g/mol. The van der Waals surface area contributed by atoms with Gasteiger partial charge in [0.1, 0.15) is 0 Å². The van der Waals surface area contributed by atoms with E-state index in [1.165, 1.54) is 0 Å². The number of imide groups is 1. The maximum atomic E-state index is 12.1. The fourth-order valence-corrected chi connectivity index (χ4v) is 3.43. The van der Waals surface area contributed by atoms with Gasteiger partial charge in [-0.25, -0.2) is 9.59 Å². The van der Waals surface area contributed by atoms with Gasteiger partial charge in [-0.05, 0) is 30.5 Å². The van der Waals surface area contributed by atoms with E-state index in [9.17, 15) is 14.4 Å². The minimum atomic E-state index is -0.646. The van der Waals surface area contributed by atoms with Crippen molar-refractivity contribution < 1.29 is 23.9 Å². The van der Waals surface area contributed by atoms with Crippen molar-refractivity contribution in [3.05, 3.63) is 35.4 Å². The molecule has 8 heteroatoms. The molecule has 3 rings (SSSR count). The fraction of sp³-hybridized carbons (Fsp3) is 0.550. The predicted molar refractivity (Wildman–Crippen MR) is 102 cm³/mol. The number of nitrogens with one attached hydrogen (secondary N) is 2. The molecule has 0 radical (unpaired) electrons. The summed E-state index contributed by atoms with van der Waals surface area (Å²) in [4.78, 5) is 37.9. The molecule has 2 N–H and O–H groups in total. The SMILES string of the molecule is O=C(COC(=O)c1ccc(CN2CCOCC2)cc1)NC(=O)NC1CCCC1. The molecule has 2 fully saturated rings. The molecule has 152 valence electrons. The van der Waals surface area contributed by atoms with Gasteiger partial charge < -0.3 is 14.8 Å². The highest BCUT2D eigenvalue weighted by Gasteiger charge is 2.19. The van der Waals surface area contributed by atoms with Crippen molar-refractivity contribution in [3.63, 3.8) is 0 Å². The van der Waals surface area contributed by atoms with Crippen LogP contribution >= 0.6 is 0 Å². The number of morpholine rings is 1. The number of carbonyl (C=O) groups is 3. The quantitative estimate of drug-likeness (QED) is 0.715. The highest BCUT2D eigenvalue weighted by atomic mass is 16.5. The average molecular weight is 389 g/mol. The Kier molecular flexibility index (Phi) is 7.39. The Morgan fingerprint density at radius 3 is 2.43 bits per heavy atom. The van der Waals surface area contributed by atoms with Crippen LogP contribution in [-0.4, -0.2) is 61.8 Å². The summed E-state index contributed by atoms with van der Waals surface area (Å²) in [6, 6.07) is 6.69. The molecular formula is C20H27N3O5. The van der Waals surface area contributed by atoms with Gasteiger partial charge >= 0.3 is 12.0 Å². The molecule has 1 aliphatic heterocycles. The first kappa shape index (κ1) is 20.3. The van der Waals surface area contributed by atoms with Crippen LogP contribution in [0.4, 0.5) is 4.79 Å². The van der Waals surface area contributed by atoms with Crippen LogP contribution in [-0.2, 0) is 20.8 Å². The summed E-state index contributed by atoms with van der Waals surface area (Å²) in [5.74, 6) is -1.24. The maximum Gasteiger partial charge on any atom is 0.338 e. The molecule has 0 aromatic heterocycles. The molecule has 1 aliphatic carbocycles. The topological polar surface area (TPSA) is 97.0 Å². The number of esters is 1. The molecule has 1 heterocycles. The van der Waals surface area contributed by atoms with Crippen LogP contribution in [0, 0.1) is 0 Å². The van der Waals surface area contributed by atoms with Crippen molar-refractivity contribution in [1.82, 2.24) is 15.5 Å². The van der Waals surface area contributed by atoms with Gasteiger partial charge in [-0.2, -0.15) is 0 Å². The third-order valence-electron chi connectivity index (χ3n) is 4.98. The van der Waals surface area contributed by atoms with Gasteiger partial charge in [-0.3, -0.25) is 15.0 Å². The van der Waals surface area contributed by atoms with E-state index < -0.39 is 24.5 Å². The smallest absolute Gasteiger partial charge is 0.338 e. The minimum absolute atomic E-state index is 0.117. The molecule has 0 spiro atoms. The molecule has 1 saturated heterocycles. The minimum Gasteiger partial charge on any atom is -0.452 e. The second kappa shape index (κ2) is 10.2. The van der Waals surface area contributed by atoms with Gasteiger partial charge in [0, 0.05) is 25.7 Å². The maximum absolute atomic E-state index is 12.1. The Bertz CT molecular complexity index is 680. The highest BCUT2D eigenvalue weighted by molar-refractivity contribution is 5.97. The Morgan fingerprint density at radius 1 is 1.07 bits per heavy atom. The second-order valence-corrected chi connectivity index (χ2v) is 7.16. The van der Waals surface area contributed by atoms with E-state index in [0.29, 0.717) is 5.56 Å². The lowest BCUT2D eigenvalue weighted by Gasteiger charge is -2.26. The van der Waals surface area contributed by atoms with Crippen molar-refractivity contribution in [1.29, 1.82) is 0 Å². The van der Waals surface area contributed by atoms with Crippen molar-refractivity contribution in [3.8, 4) is 0 Å². The number of hydrogen-bond acceptors (Lipinski definition) is 6. The molecule has 28 heavy (non-hydrogen) atoms. The molecule has 0 bridgehead atoms. The van der Waals surface area contributed by atoms with E-state index in [-0.39, 0.29) is 6.04 Å². The van der Waals surface area contributed by atoms with E-state index in [4.69, 9.17) is 9.47 Å². The summed E-state index contributed by atoms with van der Waals surface area (Å²) < 4.78 is 10.3. The standard InChI is InChI=1S/C20H27N3O5/c24-18(22-20(26)21-17-3-1-2-4-17)14-28-19(25)16-7-5-15(6-8-16)13-23-9-11-27-12-10-23/h5-8,17H,1-4,9-14H2,(H2,21,22,24,26). The van der Waals surface area contributed by atoms with Gasteiger partial charge in [0.15, 0.2) is 6.61 Å². The predicted octanol–water partition coefficient (Wildman–Crippen LogP) is 1.44.